The summed E-state index contributed by atoms with van der Waals surface area (Å²) < 4.78 is 2.02. The van der Waals surface area contributed by atoms with Crippen molar-refractivity contribution in [2.24, 2.45) is 0 Å². The van der Waals surface area contributed by atoms with Gasteiger partial charge in [0, 0.05) is 48.2 Å². The van der Waals surface area contributed by atoms with Crippen LogP contribution in [0.1, 0.15) is 27.2 Å². The first-order valence-electron chi connectivity index (χ1n) is 11.1. The number of pyridine rings is 1. The number of carbonyl (C=O) groups excluding carboxylic acids is 1. The van der Waals surface area contributed by atoms with Gasteiger partial charge in [-0.1, -0.05) is 18.2 Å². The molecule has 2 heterocycles. The van der Waals surface area contributed by atoms with Gasteiger partial charge >= 0.3 is 0 Å². The molecule has 34 heavy (non-hydrogen) atoms. The molecule has 2 aromatic heterocycles. The number of benzene rings is 2. The summed E-state index contributed by atoms with van der Waals surface area (Å²) in [5, 5.41) is 9.02. The number of likely N-dealkylation sites (N-methyl/N-ethyl adjacent to an activating group) is 1. The highest BCUT2D eigenvalue weighted by atomic mass is 32.2. The maximum atomic E-state index is 13.3. The van der Waals surface area contributed by atoms with Crippen molar-refractivity contribution in [3.8, 4) is 6.07 Å². The smallest absolute Gasteiger partial charge is 0.254 e. The molecule has 1 amide bonds. The molecular formula is C27H27N5OS. The maximum Gasteiger partial charge on any atom is 0.254 e. The van der Waals surface area contributed by atoms with Gasteiger partial charge in [0.2, 0.25) is 0 Å². The Morgan fingerprint density at radius 3 is 2.47 bits per heavy atom. The van der Waals surface area contributed by atoms with Crippen molar-refractivity contribution in [2.45, 2.75) is 17.2 Å². The first-order valence-corrected chi connectivity index (χ1v) is 12.1. The Kier molecular flexibility index (Phi) is 7.63. The minimum Gasteiger partial charge on any atom is -0.333 e. The number of aromatic nitrogens is 2. The second kappa shape index (κ2) is 11.0. The summed E-state index contributed by atoms with van der Waals surface area (Å²) in [7, 11) is 4.00. The number of thioether (sulfide) groups is 1. The molecule has 0 saturated carbocycles. The van der Waals surface area contributed by atoms with Crippen molar-refractivity contribution < 1.29 is 4.79 Å². The molecule has 172 valence electrons. The van der Waals surface area contributed by atoms with E-state index in [1.807, 2.05) is 90.4 Å². The van der Waals surface area contributed by atoms with Crippen molar-refractivity contribution in [2.75, 3.05) is 27.2 Å². The lowest BCUT2D eigenvalue weighted by Gasteiger charge is -2.25. The van der Waals surface area contributed by atoms with Gasteiger partial charge in [0.05, 0.1) is 17.3 Å². The number of carbonyl (C=O) groups is 1. The van der Waals surface area contributed by atoms with Crippen LogP contribution < -0.4 is 0 Å². The van der Waals surface area contributed by atoms with E-state index in [2.05, 4.69) is 16.0 Å². The van der Waals surface area contributed by atoms with E-state index in [9.17, 15) is 4.79 Å². The zero-order chi connectivity index (χ0) is 23.9. The molecule has 4 rings (SSSR count). The highest BCUT2D eigenvalue weighted by molar-refractivity contribution is 7.98. The highest BCUT2D eigenvalue weighted by Gasteiger charge is 2.17. The number of nitrogens with zero attached hydrogens (tertiary/aromatic N) is 5. The summed E-state index contributed by atoms with van der Waals surface area (Å²) in [6, 6.07) is 23.3. The van der Waals surface area contributed by atoms with Crippen LogP contribution in [0.3, 0.4) is 0 Å². The Morgan fingerprint density at radius 2 is 1.79 bits per heavy atom. The SMILES string of the molecule is CN(C)CCN(Cc1ccc(C#N)cc1)C(=O)c1ccc(SCc2cn3ccccc3n2)cc1. The number of nitriles is 1. The van der Waals surface area contributed by atoms with E-state index in [0.717, 1.165) is 34.1 Å². The molecule has 0 atom stereocenters. The number of amides is 1. The fourth-order valence-corrected chi connectivity index (χ4v) is 4.35. The molecule has 0 N–H and O–H groups in total. The van der Waals surface area contributed by atoms with Gasteiger partial charge in [0.25, 0.3) is 5.91 Å². The van der Waals surface area contributed by atoms with Crippen molar-refractivity contribution in [3.63, 3.8) is 0 Å². The van der Waals surface area contributed by atoms with Crippen LogP contribution in [-0.4, -0.2) is 52.3 Å². The molecule has 0 saturated heterocycles. The minimum atomic E-state index is 0.00288. The minimum absolute atomic E-state index is 0.00288. The van der Waals surface area contributed by atoms with Gasteiger partial charge in [0.15, 0.2) is 0 Å². The quantitative estimate of drug-likeness (QED) is 0.333. The first kappa shape index (κ1) is 23.6. The van der Waals surface area contributed by atoms with Crippen molar-refractivity contribution in [1.82, 2.24) is 19.2 Å². The molecule has 6 nitrogen and oxygen atoms in total. The predicted molar refractivity (Wildman–Crippen MR) is 136 cm³/mol. The van der Waals surface area contributed by atoms with Crippen molar-refractivity contribution in [3.05, 3.63) is 102 Å². The van der Waals surface area contributed by atoms with Gasteiger partial charge in [-0.25, -0.2) is 4.98 Å². The topological polar surface area (TPSA) is 64.6 Å². The summed E-state index contributed by atoms with van der Waals surface area (Å²) in [4.78, 5) is 23.0. The predicted octanol–water partition coefficient (Wildman–Crippen LogP) is 4.70. The summed E-state index contributed by atoms with van der Waals surface area (Å²) in [5.41, 5.74) is 4.26. The highest BCUT2D eigenvalue weighted by Crippen LogP contribution is 2.23. The summed E-state index contributed by atoms with van der Waals surface area (Å²) >= 11 is 1.70. The molecule has 0 aliphatic carbocycles. The molecule has 0 aliphatic rings. The number of hydrogen-bond acceptors (Lipinski definition) is 5. The summed E-state index contributed by atoms with van der Waals surface area (Å²) in [6.45, 7) is 1.90. The van der Waals surface area contributed by atoms with Gasteiger partial charge in [-0.3, -0.25) is 4.79 Å². The Bertz CT molecular complexity index is 1260. The third-order valence-electron chi connectivity index (χ3n) is 5.46. The summed E-state index contributed by atoms with van der Waals surface area (Å²) in [5.74, 6) is 0.769. The van der Waals surface area contributed by atoms with Gasteiger partial charge < -0.3 is 14.2 Å². The van der Waals surface area contributed by atoms with E-state index in [4.69, 9.17) is 5.26 Å². The zero-order valence-electron chi connectivity index (χ0n) is 19.4. The molecule has 0 bridgehead atoms. The lowest BCUT2D eigenvalue weighted by molar-refractivity contribution is 0.0732. The van der Waals surface area contributed by atoms with Crippen LogP contribution >= 0.6 is 11.8 Å². The van der Waals surface area contributed by atoms with E-state index >= 15 is 0 Å². The van der Waals surface area contributed by atoms with Crippen LogP contribution in [0.5, 0.6) is 0 Å². The van der Waals surface area contributed by atoms with Gasteiger partial charge in [-0.15, -0.1) is 11.8 Å². The third-order valence-corrected chi connectivity index (χ3v) is 6.51. The normalized spacial score (nSPS) is 11.0. The Balaban J connectivity index is 1.42. The molecule has 0 unspecified atom stereocenters. The molecule has 7 heteroatoms. The number of hydrogen-bond donors (Lipinski definition) is 0. The molecular weight excluding hydrogens is 442 g/mol. The van der Waals surface area contributed by atoms with E-state index < -0.39 is 0 Å². The van der Waals surface area contributed by atoms with Crippen LogP contribution in [0, 0.1) is 11.3 Å². The number of fused-ring (bicyclic) bond motifs is 1. The lowest BCUT2D eigenvalue weighted by atomic mass is 10.1. The molecule has 0 spiro atoms. The van der Waals surface area contributed by atoms with Crippen LogP contribution in [0.4, 0.5) is 0 Å². The monoisotopic (exact) mass is 469 g/mol. The van der Waals surface area contributed by atoms with Gasteiger partial charge in [-0.05, 0) is 68.2 Å². The molecule has 4 aromatic rings. The molecule has 0 aliphatic heterocycles. The first-order chi connectivity index (χ1) is 16.5. The van der Waals surface area contributed by atoms with E-state index in [0.29, 0.717) is 24.2 Å². The second-order valence-corrected chi connectivity index (χ2v) is 9.40. The molecule has 0 fully saturated rings. The lowest BCUT2D eigenvalue weighted by Crippen LogP contribution is -2.36. The Labute approximate surface area is 204 Å². The zero-order valence-corrected chi connectivity index (χ0v) is 20.2. The molecule has 2 aromatic carbocycles. The number of imidazole rings is 1. The Hall–Kier alpha value is -3.60. The number of rotatable bonds is 9. The maximum absolute atomic E-state index is 13.3. The van der Waals surface area contributed by atoms with Gasteiger partial charge in [-0.2, -0.15) is 5.26 Å². The average molecular weight is 470 g/mol. The average Bonchev–Trinajstić information content (AvgIpc) is 3.28. The fourth-order valence-electron chi connectivity index (χ4n) is 3.57. The second-order valence-electron chi connectivity index (χ2n) is 8.35. The summed E-state index contributed by atoms with van der Waals surface area (Å²) in [6.07, 6.45) is 4.04. The fraction of sp³-hybridized carbons (Fsp3) is 0.222. The van der Waals surface area contributed by atoms with Crippen LogP contribution in [0.2, 0.25) is 0 Å². The largest absolute Gasteiger partial charge is 0.333 e. The van der Waals surface area contributed by atoms with Crippen molar-refractivity contribution >= 4 is 23.3 Å². The Morgan fingerprint density at radius 1 is 1.03 bits per heavy atom. The van der Waals surface area contributed by atoms with Crippen LogP contribution in [-0.2, 0) is 12.3 Å². The van der Waals surface area contributed by atoms with E-state index in [1.54, 1.807) is 23.9 Å². The van der Waals surface area contributed by atoms with Crippen molar-refractivity contribution in [1.29, 1.82) is 5.26 Å². The standard InChI is InChI=1S/C27H27N5OS/c1-30(2)15-16-32(18-22-8-6-21(17-28)7-9-22)27(33)23-10-12-25(13-11-23)34-20-24-19-31-14-4-3-5-26(31)29-24/h3-14,19H,15-16,18,20H2,1-2H3. The molecule has 0 radical (unpaired) electrons. The van der Waals surface area contributed by atoms with Gasteiger partial charge in [0.1, 0.15) is 5.65 Å². The van der Waals surface area contributed by atoms with E-state index in [-0.39, 0.29) is 5.91 Å². The van der Waals surface area contributed by atoms with Crippen LogP contribution in [0.15, 0.2) is 84.0 Å². The van der Waals surface area contributed by atoms with E-state index in [1.165, 1.54) is 0 Å². The van der Waals surface area contributed by atoms with Crippen LogP contribution in [0.25, 0.3) is 5.65 Å². The third kappa shape index (κ3) is 6.04.